The Balaban J connectivity index is 3.40. The number of hydroxylamine groups is 1. The summed E-state index contributed by atoms with van der Waals surface area (Å²) in [6, 6.07) is 0. The summed E-state index contributed by atoms with van der Waals surface area (Å²) in [4.78, 5) is 21.9. The lowest BCUT2D eigenvalue weighted by Crippen LogP contribution is -2.33. The molecule has 0 spiro atoms. The molecule has 0 aliphatic carbocycles. The molecule has 0 saturated heterocycles. The molecule has 0 aromatic carbocycles. The van der Waals surface area contributed by atoms with Crippen molar-refractivity contribution in [3.63, 3.8) is 0 Å². The van der Waals surface area contributed by atoms with Crippen molar-refractivity contribution >= 4 is 12.0 Å². The minimum absolute atomic E-state index is 0.295. The second-order valence-corrected chi connectivity index (χ2v) is 4.77. The molecule has 6 heteroatoms. The van der Waals surface area contributed by atoms with Crippen molar-refractivity contribution in [3.8, 4) is 0 Å². The van der Waals surface area contributed by atoms with E-state index in [1.54, 1.807) is 26.3 Å². The Morgan fingerprint density at radius 1 is 1.18 bits per heavy atom. The molecule has 0 aliphatic heterocycles. The molecule has 0 radical (unpaired) electrons. The van der Waals surface area contributed by atoms with E-state index in [9.17, 15) is 9.59 Å². The number of hydrogen-bond donors (Lipinski definition) is 3. The van der Waals surface area contributed by atoms with Crippen LogP contribution in [0.15, 0.2) is 0 Å². The number of hydrogen-bond acceptors (Lipinski definition) is 4. The van der Waals surface area contributed by atoms with E-state index in [0.717, 1.165) is 12.8 Å². The Hall–Kier alpha value is -1.30. The maximum absolute atomic E-state index is 11.2. The van der Waals surface area contributed by atoms with Crippen molar-refractivity contribution in [3.05, 3.63) is 0 Å². The molecule has 17 heavy (non-hydrogen) atoms. The zero-order valence-corrected chi connectivity index (χ0v) is 10.7. The van der Waals surface area contributed by atoms with Crippen molar-refractivity contribution in [1.82, 2.24) is 10.8 Å². The fourth-order valence-electron chi connectivity index (χ4n) is 1.15. The number of carbonyl (C=O) groups excluding carboxylic acids is 2. The van der Waals surface area contributed by atoms with Gasteiger partial charge in [-0.2, -0.15) is 0 Å². The number of rotatable bonds is 6. The first-order valence-corrected chi connectivity index (χ1v) is 5.75. The van der Waals surface area contributed by atoms with Gasteiger partial charge >= 0.3 is 6.09 Å². The number of carbonyl (C=O) groups is 2. The van der Waals surface area contributed by atoms with Gasteiger partial charge in [-0.1, -0.05) is 6.42 Å². The van der Waals surface area contributed by atoms with Crippen LogP contribution in [-0.4, -0.2) is 29.4 Å². The first kappa shape index (κ1) is 15.7. The molecule has 0 aliphatic rings. The highest BCUT2D eigenvalue weighted by atomic mass is 16.6. The van der Waals surface area contributed by atoms with Crippen LogP contribution < -0.4 is 10.8 Å². The molecule has 0 bridgehead atoms. The maximum atomic E-state index is 11.2. The van der Waals surface area contributed by atoms with Crippen LogP contribution in [0.25, 0.3) is 0 Å². The third-order valence-electron chi connectivity index (χ3n) is 1.87. The second kappa shape index (κ2) is 7.89. The summed E-state index contributed by atoms with van der Waals surface area (Å²) in [5, 5.41) is 10.9. The van der Waals surface area contributed by atoms with Crippen molar-refractivity contribution in [2.45, 2.75) is 52.1 Å². The summed E-state index contributed by atoms with van der Waals surface area (Å²) >= 11 is 0. The second-order valence-electron chi connectivity index (χ2n) is 4.77. The van der Waals surface area contributed by atoms with E-state index >= 15 is 0 Å². The lowest BCUT2D eigenvalue weighted by molar-refractivity contribution is -0.129. The standard InChI is InChI=1S/C11H22N2O4/c1-11(2,3)17-10(15)12-8-6-4-5-7-9(14)13-16/h16H,4-8H2,1-3H3,(H,12,15)(H,13,14). The van der Waals surface area contributed by atoms with Crippen LogP contribution in [0.1, 0.15) is 46.5 Å². The molecule has 100 valence electrons. The Morgan fingerprint density at radius 2 is 1.82 bits per heavy atom. The molecule has 3 N–H and O–H groups in total. The van der Waals surface area contributed by atoms with E-state index in [1.165, 1.54) is 0 Å². The Morgan fingerprint density at radius 3 is 2.35 bits per heavy atom. The largest absolute Gasteiger partial charge is 0.444 e. The lowest BCUT2D eigenvalue weighted by Gasteiger charge is -2.19. The number of unbranched alkanes of at least 4 members (excludes halogenated alkanes) is 2. The predicted molar refractivity (Wildman–Crippen MR) is 62.6 cm³/mol. The Labute approximate surface area is 102 Å². The lowest BCUT2D eigenvalue weighted by atomic mass is 10.2. The highest BCUT2D eigenvalue weighted by Crippen LogP contribution is 2.06. The van der Waals surface area contributed by atoms with Crippen LogP contribution >= 0.6 is 0 Å². The van der Waals surface area contributed by atoms with E-state index in [-0.39, 0.29) is 5.91 Å². The van der Waals surface area contributed by atoms with Gasteiger partial charge < -0.3 is 10.1 Å². The summed E-state index contributed by atoms with van der Waals surface area (Å²) in [6.45, 7) is 5.94. The minimum Gasteiger partial charge on any atom is -0.444 e. The number of nitrogens with one attached hydrogen (secondary N) is 2. The Bertz CT molecular complexity index is 248. The van der Waals surface area contributed by atoms with Gasteiger partial charge in [-0.15, -0.1) is 0 Å². The molecule has 0 aromatic rings. The topological polar surface area (TPSA) is 87.7 Å². The quantitative estimate of drug-likeness (QED) is 0.377. The van der Waals surface area contributed by atoms with Crippen molar-refractivity contribution in [2.75, 3.05) is 6.54 Å². The van der Waals surface area contributed by atoms with Crippen molar-refractivity contribution in [2.24, 2.45) is 0 Å². The third kappa shape index (κ3) is 11.0. The van der Waals surface area contributed by atoms with E-state index in [1.807, 2.05) is 0 Å². The van der Waals surface area contributed by atoms with E-state index in [4.69, 9.17) is 9.94 Å². The highest BCUT2D eigenvalue weighted by Gasteiger charge is 2.15. The van der Waals surface area contributed by atoms with Crippen LogP contribution in [-0.2, 0) is 9.53 Å². The van der Waals surface area contributed by atoms with Crippen LogP contribution in [0.5, 0.6) is 0 Å². The molecule has 0 rings (SSSR count). The average molecular weight is 246 g/mol. The van der Waals surface area contributed by atoms with Gasteiger partial charge in [0.15, 0.2) is 0 Å². The SMILES string of the molecule is CC(C)(C)OC(=O)NCCCCCC(=O)NO. The smallest absolute Gasteiger partial charge is 0.407 e. The number of amides is 2. The molecule has 0 atom stereocenters. The molecule has 6 nitrogen and oxygen atoms in total. The van der Waals surface area contributed by atoms with E-state index in [0.29, 0.717) is 19.4 Å². The van der Waals surface area contributed by atoms with Gasteiger partial charge in [0.2, 0.25) is 5.91 Å². The zero-order chi connectivity index (χ0) is 13.3. The molecular formula is C11H22N2O4. The highest BCUT2D eigenvalue weighted by molar-refractivity contribution is 5.74. The van der Waals surface area contributed by atoms with Crippen LogP contribution in [0.4, 0.5) is 4.79 Å². The molecule has 2 amide bonds. The summed E-state index contributed by atoms with van der Waals surface area (Å²) in [6.07, 6.45) is 2.14. The molecule has 0 fully saturated rings. The maximum Gasteiger partial charge on any atom is 0.407 e. The molecule has 0 heterocycles. The zero-order valence-electron chi connectivity index (χ0n) is 10.7. The first-order chi connectivity index (χ1) is 7.85. The molecular weight excluding hydrogens is 224 g/mol. The van der Waals surface area contributed by atoms with Crippen molar-refractivity contribution in [1.29, 1.82) is 0 Å². The van der Waals surface area contributed by atoms with Gasteiger partial charge in [0.1, 0.15) is 5.60 Å². The summed E-state index contributed by atoms with van der Waals surface area (Å²) < 4.78 is 5.05. The average Bonchev–Trinajstić information content (AvgIpc) is 2.20. The first-order valence-electron chi connectivity index (χ1n) is 5.75. The minimum atomic E-state index is -0.483. The van der Waals surface area contributed by atoms with Crippen LogP contribution in [0.2, 0.25) is 0 Å². The summed E-state index contributed by atoms with van der Waals surface area (Å²) in [5.41, 5.74) is 1.09. The molecule has 0 saturated carbocycles. The van der Waals surface area contributed by atoms with Gasteiger partial charge in [-0.05, 0) is 33.6 Å². The van der Waals surface area contributed by atoms with Gasteiger partial charge in [0, 0.05) is 13.0 Å². The Kier molecular flexibility index (Phi) is 7.29. The van der Waals surface area contributed by atoms with E-state index in [2.05, 4.69) is 5.32 Å². The fourth-order valence-corrected chi connectivity index (χ4v) is 1.15. The third-order valence-corrected chi connectivity index (χ3v) is 1.87. The fraction of sp³-hybridized carbons (Fsp3) is 0.818. The molecule has 0 aromatic heterocycles. The van der Waals surface area contributed by atoms with Crippen LogP contribution in [0, 0.1) is 0 Å². The summed E-state index contributed by atoms with van der Waals surface area (Å²) in [7, 11) is 0. The monoisotopic (exact) mass is 246 g/mol. The number of alkyl carbamates (subject to hydrolysis) is 1. The van der Waals surface area contributed by atoms with Crippen LogP contribution in [0.3, 0.4) is 0 Å². The van der Waals surface area contributed by atoms with Crippen molar-refractivity contribution < 1.29 is 19.5 Å². The predicted octanol–water partition coefficient (Wildman–Crippen LogP) is 1.58. The van der Waals surface area contributed by atoms with E-state index < -0.39 is 11.7 Å². The normalized spacial score (nSPS) is 10.8. The molecule has 0 unspecified atom stereocenters. The van der Waals surface area contributed by atoms with Gasteiger partial charge in [-0.25, -0.2) is 10.3 Å². The van der Waals surface area contributed by atoms with Gasteiger partial charge in [0.25, 0.3) is 0 Å². The van der Waals surface area contributed by atoms with Gasteiger partial charge in [0.05, 0.1) is 0 Å². The number of ether oxygens (including phenoxy) is 1. The summed E-state index contributed by atoms with van der Waals surface area (Å²) in [5.74, 6) is -0.384. The van der Waals surface area contributed by atoms with Gasteiger partial charge in [-0.3, -0.25) is 10.0 Å².